The van der Waals surface area contributed by atoms with Gasteiger partial charge in [0, 0.05) is 49.5 Å². The molecule has 3 rings (SSSR count). The average molecular weight is 345 g/mol. The molecule has 6 nitrogen and oxygen atoms in total. The maximum atomic E-state index is 5.96. The molecular formula is C19H27N3O3. The van der Waals surface area contributed by atoms with E-state index in [0.717, 1.165) is 49.7 Å². The van der Waals surface area contributed by atoms with Crippen LogP contribution in [0.4, 0.5) is 0 Å². The summed E-state index contributed by atoms with van der Waals surface area (Å²) in [6.45, 7) is 5.40. The van der Waals surface area contributed by atoms with Crippen molar-refractivity contribution in [3.05, 3.63) is 41.7 Å². The molecule has 1 fully saturated rings. The second kappa shape index (κ2) is 8.36. The quantitative estimate of drug-likeness (QED) is 0.797. The van der Waals surface area contributed by atoms with Crippen LogP contribution in [0.5, 0.6) is 11.5 Å². The van der Waals surface area contributed by atoms with Crippen molar-refractivity contribution in [3.63, 3.8) is 0 Å². The van der Waals surface area contributed by atoms with Crippen molar-refractivity contribution in [1.29, 1.82) is 0 Å². The summed E-state index contributed by atoms with van der Waals surface area (Å²) in [6, 6.07) is 5.95. The molecular weight excluding hydrogens is 318 g/mol. The van der Waals surface area contributed by atoms with Gasteiger partial charge in [-0.15, -0.1) is 0 Å². The van der Waals surface area contributed by atoms with Gasteiger partial charge in [-0.05, 0) is 19.4 Å². The van der Waals surface area contributed by atoms with Crippen molar-refractivity contribution >= 4 is 0 Å². The van der Waals surface area contributed by atoms with Gasteiger partial charge in [0.2, 0.25) is 0 Å². The second-order valence-electron chi connectivity index (χ2n) is 6.25. The molecule has 2 atom stereocenters. The highest BCUT2D eigenvalue weighted by molar-refractivity contribution is 5.46. The molecule has 0 unspecified atom stereocenters. The molecule has 136 valence electrons. The molecule has 0 radical (unpaired) electrons. The first kappa shape index (κ1) is 17.8. The van der Waals surface area contributed by atoms with E-state index >= 15 is 0 Å². The van der Waals surface area contributed by atoms with Crippen LogP contribution in [0, 0.1) is 5.92 Å². The van der Waals surface area contributed by atoms with Gasteiger partial charge in [0.1, 0.15) is 0 Å². The summed E-state index contributed by atoms with van der Waals surface area (Å²) in [4.78, 5) is 0. The van der Waals surface area contributed by atoms with Crippen LogP contribution in [-0.4, -0.2) is 37.2 Å². The molecule has 1 saturated heterocycles. The Morgan fingerprint density at radius 3 is 2.92 bits per heavy atom. The number of hydrogen-bond donors (Lipinski definition) is 1. The van der Waals surface area contributed by atoms with E-state index in [4.69, 9.17) is 14.2 Å². The van der Waals surface area contributed by atoms with Crippen LogP contribution in [0.15, 0.2) is 30.6 Å². The number of rotatable bonds is 8. The summed E-state index contributed by atoms with van der Waals surface area (Å²) in [5.74, 6) is 2.00. The number of aryl methyl sites for hydroxylation is 1. The fourth-order valence-electron chi connectivity index (χ4n) is 3.40. The third kappa shape index (κ3) is 3.96. The van der Waals surface area contributed by atoms with E-state index in [0.29, 0.717) is 5.92 Å². The summed E-state index contributed by atoms with van der Waals surface area (Å²) >= 11 is 0. The Labute approximate surface area is 149 Å². The summed E-state index contributed by atoms with van der Waals surface area (Å²) in [5, 5.41) is 7.92. The van der Waals surface area contributed by atoms with Gasteiger partial charge in [-0.3, -0.25) is 4.68 Å². The number of hydrogen-bond acceptors (Lipinski definition) is 5. The van der Waals surface area contributed by atoms with Crippen LogP contribution >= 0.6 is 0 Å². The molecule has 0 aliphatic carbocycles. The molecule has 1 aromatic heterocycles. The Bertz CT molecular complexity index is 686. The van der Waals surface area contributed by atoms with Gasteiger partial charge in [-0.2, -0.15) is 5.10 Å². The van der Waals surface area contributed by atoms with Crippen LogP contribution in [0.1, 0.15) is 30.6 Å². The Balaban J connectivity index is 1.60. The first-order chi connectivity index (χ1) is 12.3. The standard InChI is InChI=1S/C19H27N3O3/c1-4-22-13-16(12-21-22)18-15(8-9-25-18)11-20-10-14-6-5-7-17(23-2)19(14)24-3/h5-7,12-13,15,18,20H,4,8-11H2,1-3H3/t15-,18-/m1/s1. The van der Waals surface area contributed by atoms with E-state index in [2.05, 4.69) is 29.6 Å². The summed E-state index contributed by atoms with van der Waals surface area (Å²) in [7, 11) is 3.33. The molecule has 1 aromatic carbocycles. The monoisotopic (exact) mass is 345 g/mol. The van der Waals surface area contributed by atoms with Crippen LogP contribution < -0.4 is 14.8 Å². The summed E-state index contributed by atoms with van der Waals surface area (Å²) in [5.41, 5.74) is 2.27. The minimum absolute atomic E-state index is 0.125. The number of nitrogens with one attached hydrogen (secondary N) is 1. The average Bonchev–Trinajstić information content (AvgIpc) is 3.30. The molecule has 2 aromatic rings. The number of methoxy groups -OCH3 is 2. The van der Waals surface area contributed by atoms with E-state index < -0.39 is 0 Å². The van der Waals surface area contributed by atoms with Gasteiger partial charge in [0.15, 0.2) is 11.5 Å². The van der Waals surface area contributed by atoms with E-state index in [9.17, 15) is 0 Å². The zero-order valence-corrected chi connectivity index (χ0v) is 15.2. The van der Waals surface area contributed by atoms with Crippen LogP contribution in [0.2, 0.25) is 0 Å². The fraction of sp³-hybridized carbons (Fsp3) is 0.526. The Hall–Kier alpha value is -2.05. The number of para-hydroxylation sites is 1. The highest BCUT2D eigenvalue weighted by atomic mass is 16.5. The second-order valence-corrected chi connectivity index (χ2v) is 6.25. The SMILES string of the molecule is CCn1cc([C@@H]2OCC[C@@H]2CNCc2cccc(OC)c2OC)cn1. The van der Waals surface area contributed by atoms with Crippen LogP contribution in [0.25, 0.3) is 0 Å². The Morgan fingerprint density at radius 2 is 2.20 bits per heavy atom. The molecule has 1 aliphatic rings. The Kier molecular flexibility index (Phi) is 5.94. The lowest BCUT2D eigenvalue weighted by Gasteiger charge is -2.19. The number of nitrogens with zero attached hydrogens (tertiary/aromatic N) is 2. The maximum Gasteiger partial charge on any atom is 0.165 e. The van der Waals surface area contributed by atoms with Crippen molar-refractivity contribution in [2.24, 2.45) is 5.92 Å². The molecule has 0 amide bonds. The lowest BCUT2D eigenvalue weighted by atomic mass is 9.97. The molecule has 25 heavy (non-hydrogen) atoms. The molecule has 0 bridgehead atoms. The third-order valence-electron chi connectivity index (χ3n) is 4.73. The summed E-state index contributed by atoms with van der Waals surface area (Å²) < 4.78 is 18.8. The van der Waals surface area contributed by atoms with Crippen molar-refractivity contribution in [2.45, 2.75) is 32.5 Å². The van der Waals surface area contributed by atoms with E-state index in [-0.39, 0.29) is 6.10 Å². The van der Waals surface area contributed by atoms with Gasteiger partial charge in [-0.1, -0.05) is 12.1 Å². The predicted molar refractivity (Wildman–Crippen MR) is 96.0 cm³/mol. The molecule has 0 saturated carbocycles. The van der Waals surface area contributed by atoms with Crippen LogP contribution in [0.3, 0.4) is 0 Å². The molecule has 6 heteroatoms. The van der Waals surface area contributed by atoms with Gasteiger partial charge < -0.3 is 19.5 Å². The maximum absolute atomic E-state index is 5.96. The number of benzene rings is 1. The largest absolute Gasteiger partial charge is 0.493 e. The zero-order valence-electron chi connectivity index (χ0n) is 15.2. The van der Waals surface area contributed by atoms with Gasteiger partial charge in [0.05, 0.1) is 26.5 Å². The highest BCUT2D eigenvalue weighted by Crippen LogP contribution is 2.34. The molecule has 1 aliphatic heterocycles. The highest BCUT2D eigenvalue weighted by Gasteiger charge is 2.30. The summed E-state index contributed by atoms with van der Waals surface area (Å²) in [6.07, 6.45) is 5.20. The minimum Gasteiger partial charge on any atom is -0.493 e. The lowest BCUT2D eigenvalue weighted by Crippen LogP contribution is -2.24. The molecule has 1 N–H and O–H groups in total. The van der Waals surface area contributed by atoms with Crippen molar-refractivity contribution < 1.29 is 14.2 Å². The predicted octanol–water partition coefficient (Wildman–Crippen LogP) is 2.79. The van der Waals surface area contributed by atoms with Gasteiger partial charge in [0.25, 0.3) is 0 Å². The van der Waals surface area contributed by atoms with Gasteiger partial charge >= 0.3 is 0 Å². The first-order valence-electron chi connectivity index (χ1n) is 8.81. The fourth-order valence-corrected chi connectivity index (χ4v) is 3.40. The lowest BCUT2D eigenvalue weighted by molar-refractivity contribution is 0.0903. The van der Waals surface area contributed by atoms with Crippen molar-refractivity contribution in [2.75, 3.05) is 27.4 Å². The Morgan fingerprint density at radius 1 is 1.32 bits per heavy atom. The smallest absolute Gasteiger partial charge is 0.165 e. The molecule has 0 spiro atoms. The van der Waals surface area contributed by atoms with Crippen LogP contribution in [-0.2, 0) is 17.8 Å². The third-order valence-corrected chi connectivity index (χ3v) is 4.73. The van der Waals surface area contributed by atoms with E-state index in [1.54, 1.807) is 14.2 Å². The normalized spacial score (nSPS) is 20.0. The van der Waals surface area contributed by atoms with Gasteiger partial charge in [-0.25, -0.2) is 0 Å². The topological polar surface area (TPSA) is 57.5 Å². The minimum atomic E-state index is 0.125. The zero-order chi connectivity index (χ0) is 17.6. The van der Waals surface area contributed by atoms with E-state index in [1.165, 1.54) is 5.56 Å². The molecule has 2 heterocycles. The first-order valence-corrected chi connectivity index (χ1v) is 8.81. The number of aromatic nitrogens is 2. The number of ether oxygens (including phenoxy) is 3. The van der Waals surface area contributed by atoms with E-state index in [1.807, 2.05) is 23.0 Å². The van der Waals surface area contributed by atoms with Crippen molar-refractivity contribution in [3.8, 4) is 11.5 Å². The van der Waals surface area contributed by atoms with Crippen molar-refractivity contribution in [1.82, 2.24) is 15.1 Å².